The molecule has 1 aliphatic rings. The highest BCUT2D eigenvalue weighted by Crippen LogP contribution is 2.16. The largest absolute Gasteiger partial charge is 0.379 e. The molecule has 2 heterocycles. The number of carbonyl (C=O) groups is 1. The molecule has 1 N–H and O–H groups in total. The Morgan fingerprint density at radius 2 is 2.25 bits per heavy atom. The van der Waals surface area contributed by atoms with Crippen LogP contribution >= 0.6 is 15.9 Å². The SMILES string of the molecule is CCn1ncc(Br)c1C(=O)NC(C)CN1CCOCC1. The summed E-state index contributed by atoms with van der Waals surface area (Å²) < 4.78 is 7.75. The number of nitrogens with zero attached hydrogens (tertiary/aromatic N) is 3. The zero-order chi connectivity index (χ0) is 14.5. The molecule has 0 aliphatic carbocycles. The summed E-state index contributed by atoms with van der Waals surface area (Å²) in [5.41, 5.74) is 0.585. The second kappa shape index (κ2) is 7.19. The van der Waals surface area contributed by atoms with Crippen LogP contribution in [0.2, 0.25) is 0 Å². The van der Waals surface area contributed by atoms with Gasteiger partial charge in [-0.15, -0.1) is 0 Å². The summed E-state index contributed by atoms with van der Waals surface area (Å²) in [6.07, 6.45) is 1.66. The number of rotatable bonds is 5. The minimum atomic E-state index is -0.0861. The van der Waals surface area contributed by atoms with E-state index in [9.17, 15) is 4.79 Å². The summed E-state index contributed by atoms with van der Waals surface area (Å²) in [7, 11) is 0. The number of aryl methyl sites for hydroxylation is 1. The molecule has 112 valence electrons. The van der Waals surface area contributed by atoms with E-state index >= 15 is 0 Å². The van der Waals surface area contributed by atoms with Gasteiger partial charge in [0.15, 0.2) is 0 Å². The Kier molecular flexibility index (Phi) is 5.56. The van der Waals surface area contributed by atoms with E-state index in [1.165, 1.54) is 0 Å². The third kappa shape index (κ3) is 3.80. The van der Waals surface area contributed by atoms with Gasteiger partial charge in [-0.25, -0.2) is 0 Å². The fourth-order valence-electron chi connectivity index (χ4n) is 2.34. The molecule has 0 spiro atoms. The number of hydrogen-bond acceptors (Lipinski definition) is 4. The van der Waals surface area contributed by atoms with Crippen LogP contribution in [-0.4, -0.2) is 59.5 Å². The molecule has 0 saturated carbocycles. The fraction of sp³-hybridized carbons (Fsp3) is 0.692. The molecule has 0 radical (unpaired) electrons. The number of nitrogens with one attached hydrogen (secondary N) is 1. The van der Waals surface area contributed by atoms with Crippen LogP contribution in [0.15, 0.2) is 10.7 Å². The summed E-state index contributed by atoms with van der Waals surface area (Å²) in [5, 5.41) is 7.19. The van der Waals surface area contributed by atoms with Gasteiger partial charge in [0.25, 0.3) is 5.91 Å². The minimum absolute atomic E-state index is 0.0861. The summed E-state index contributed by atoms with van der Waals surface area (Å²) in [6, 6.07) is 0.0905. The lowest BCUT2D eigenvalue weighted by Gasteiger charge is -2.29. The number of halogens is 1. The molecule has 1 amide bonds. The normalized spacial score (nSPS) is 17.9. The highest BCUT2D eigenvalue weighted by atomic mass is 79.9. The van der Waals surface area contributed by atoms with Gasteiger partial charge >= 0.3 is 0 Å². The highest BCUT2D eigenvalue weighted by Gasteiger charge is 2.20. The maximum absolute atomic E-state index is 12.3. The molecule has 6 nitrogen and oxygen atoms in total. The number of carbonyl (C=O) groups excluding carboxylic acids is 1. The second-order valence-electron chi connectivity index (χ2n) is 4.94. The van der Waals surface area contributed by atoms with Gasteiger partial charge in [-0.05, 0) is 29.8 Å². The standard InChI is InChI=1S/C13H21BrN4O2/c1-3-18-12(11(14)8-15-18)13(19)16-10(2)9-17-4-6-20-7-5-17/h8,10H,3-7,9H2,1-2H3,(H,16,19). The lowest BCUT2D eigenvalue weighted by atomic mass is 10.2. The Balaban J connectivity index is 1.91. The second-order valence-corrected chi connectivity index (χ2v) is 5.80. The van der Waals surface area contributed by atoms with Gasteiger partial charge in [0, 0.05) is 32.2 Å². The van der Waals surface area contributed by atoms with E-state index in [1.54, 1.807) is 10.9 Å². The van der Waals surface area contributed by atoms with E-state index in [4.69, 9.17) is 4.74 Å². The summed E-state index contributed by atoms with van der Waals surface area (Å²) in [4.78, 5) is 14.6. The quantitative estimate of drug-likeness (QED) is 0.869. The predicted octanol–water partition coefficient (Wildman–Crippen LogP) is 1.12. The lowest BCUT2D eigenvalue weighted by Crippen LogP contribution is -2.46. The van der Waals surface area contributed by atoms with Crippen molar-refractivity contribution in [3.63, 3.8) is 0 Å². The zero-order valence-corrected chi connectivity index (χ0v) is 13.5. The lowest BCUT2D eigenvalue weighted by molar-refractivity contribution is 0.0342. The topological polar surface area (TPSA) is 59.4 Å². The fourth-order valence-corrected chi connectivity index (χ4v) is 2.81. The van der Waals surface area contributed by atoms with Gasteiger partial charge in [-0.1, -0.05) is 0 Å². The first-order chi connectivity index (χ1) is 9.61. The molecule has 0 bridgehead atoms. The van der Waals surface area contributed by atoms with Gasteiger partial charge in [0.2, 0.25) is 0 Å². The van der Waals surface area contributed by atoms with E-state index in [-0.39, 0.29) is 11.9 Å². The number of ether oxygens (including phenoxy) is 1. The van der Waals surface area contributed by atoms with E-state index in [0.29, 0.717) is 12.2 Å². The van der Waals surface area contributed by atoms with Crippen molar-refractivity contribution in [3.8, 4) is 0 Å². The van der Waals surface area contributed by atoms with E-state index in [1.807, 2.05) is 13.8 Å². The Labute approximate surface area is 127 Å². The molecule has 0 aromatic carbocycles. The number of morpholine rings is 1. The Morgan fingerprint density at radius 3 is 2.90 bits per heavy atom. The first-order valence-corrected chi connectivity index (χ1v) is 7.73. The summed E-state index contributed by atoms with van der Waals surface area (Å²) in [6.45, 7) is 8.90. The van der Waals surface area contributed by atoms with E-state index in [0.717, 1.165) is 37.3 Å². The molecule has 1 aromatic heterocycles. The molecule has 1 fully saturated rings. The van der Waals surface area contributed by atoms with Crippen LogP contribution in [0.5, 0.6) is 0 Å². The maximum atomic E-state index is 12.3. The number of hydrogen-bond donors (Lipinski definition) is 1. The van der Waals surface area contributed by atoms with Gasteiger partial charge in [0.1, 0.15) is 5.69 Å². The van der Waals surface area contributed by atoms with Crippen molar-refractivity contribution in [1.29, 1.82) is 0 Å². The molecule has 1 unspecified atom stereocenters. The van der Waals surface area contributed by atoms with Gasteiger partial charge < -0.3 is 10.1 Å². The zero-order valence-electron chi connectivity index (χ0n) is 11.9. The molecule has 1 aliphatic heterocycles. The average molecular weight is 345 g/mol. The molecule has 20 heavy (non-hydrogen) atoms. The highest BCUT2D eigenvalue weighted by molar-refractivity contribution is 9.10. The van der Waals surface area contributed by atoms with Gasteiger partial charge in [0.05, 0.1) is 23.9 Å². The van der Waals surface area contributed by atoms with Gasteiger partial charge in [-0.2, -0.15) is 5.10 Å². The molecular weight excluding hydrogens is 324 g/mol. The third-order valence-electron chi connectivity index (χ3n) is 3.32. The number of aromatic nitrogens is 2. The van der Waals surface area contributed by atoms with E-state index < -0.39 is 0 Å². The van der Waals surface area contributed by atoms with Gasteiger partial charge in [-0.3, -0.25) is 14.4 Å². The monoisotopic (exact) mass is 344 g/mol. The van der Waals surface area contributed by atoms with Crippen LogP contribution in [0.1, 0.15) is 24.3 Å². The summed E-state index contributed by atoms with van der Waals surface area (Å²) >= 11 is 3.38. The molecule has 2 rings (SSSR count). The molecule has 1 saturated heterocycles. The predicted molar refractivity (Wildman–Crippen MR) is 79.8 cm³/mol. The van der Waals surface area contributed by atoms with Crippen LogP contribution in [0, 0.1) is 0 Å². The van der Waals surface area contributed by atoms with Crippen molar-refractivity contribution >= 4 is 21.8 Å². The molecule has 1 aromatic rings. The minimum Gasteiger partial charge on any atom is -0.379 e. The third-order valence-corrected chi connectivity index (χ3v) is 3.90. The van der Waals surface area contributed by atoms with Crippen molar-refractivity contribution < 1.29 is 9.53 Å². The molecule has 1 atom stereocenters. The van der Waals surface area contributed by atoms with Crippen LogP contribution in [0.25, 0.3) is 0 Å². The van der Waals surface area contributed by atoms with Crippen molar-refractivity contribution in [2.45, 2.75) is 26.4 Å². The maximum Gasteiger partial charge on any atom is 0.270 e. The van der Waals surface area contributed by atoms with Crippen LogP contribution < -0.4 is 5.32 Å². The van der Waals surface area contributed by atoms with Crippen LogP contribution in [-0.2, 0) is 11.3 Å². The molecule has 7 heteroatoms. The number of amides is 1. The summed E-state index contributed by atoms with van der Waals surface area (Å²) in [5.74, 6) is -0.0861. The van der Waals surface area contributed by atoms with Crippen LogP contribution in [0.3, 0.4) is 0 Å². The smallest absolute Gasteiger partial charge is 0.270 e. The molecular formula is C13H21BrN4O2. The van der Waals surface area contributed by atoms with Crippen molar-refractivity contribution in [1.82, 2.24) is 20.0 Å². The Morgan fingerprint density at radius 1 is 1.55 bits per heavy atom. The first-order valence-electron chi connectivity index (χ1n) is 6.94. The Hall–Kier alpha value is -0.920. The van der Waals surface area contributed by atoms with Crippen LogP contribution in [0.4, 0.5) is 0 Å². The first kappa shape index (κ1) is 15.5. The van der Waals surface area contributed by atoms with Crippen molar-refractivity contribution in [3.05, 3.63) is 16.4 Å². The van der Waals surface area contributed by atoms with Crippen molar-refractivity contribution in [2.24, 2.45) is 0 Å². The average Bonchev–Trinajstić information content (AvgIpc) is 2.80. The Bertz CT molecular complexity index is 457. The van der Waals surface area contributed by atoms with Crippen molar-refractivity contribution in [2.75, 3.05) is 32.8 Å². The van der Waals surface area contributed by atoms with E-state index in [2.05, 4.69) is 31.2 Å².